The maximum absolute atomic E-state index is 9.45. The van der Waals surface area contributed by atoms with Crippen LogP contribution in [-0.2, 0) is 14.6 Å². The molecular weight excluding hydrogens is 398 g/mol. The van der Waals surface area contributed by atoms with E-state index in [1.54, 1.807) is 0 Å². The Morgan fingerprint density at radius 1 is 0.633 bits per heavy atom. The van der Waals surface area contributed by atoms with Gasteiger partial charge in [0, 0.05) is 0 Å². The van der Waals surface area contributed by atoms with Crippen LogP contribution in [0.3, 0.4) is 0 Å². The zero-order chi connectivity index (χ0) is 23.1. The predicted octanol–water partition coefficient (Wildman–Crippen LogP) is 6.83. The SMILES string of the molecule is CCCCCCCCCCCCCCCCCC[N+](C)(C)CC.CCOS(=O)(=O)[O-]. The van der Waals surface area contributed by atoms with Crippen molar-refractivity contribution in [3.8, 4) is 0 Å². The van der Waals surface area contributed by atoms with Crippen molar-refractivity contribution in [3.05, 3.63) is 0 Å². The molecule has 0 saturated carbocycles. The normalized spacial score (nSPS) is 11.9. The minimum absolute atomic E-state index is 0.0914. The minimum Gasteiger partial charge on any atom is -0.726 e. The van der Waals surface area contributed by atoms with Crippen LogP contribution >= 0.6 is 0 Å². The summed E-state index contributed by atoms with van der Waals surface area (Å²) in [5.74, 6) is 0. The fourth-order valence-corrected chi connectivity index (χ4v) is 3.68. The zero-order valence-electron chi connectivity index (χ0n) is 20.9. The standard InChI is InChI=1S/C22H48N.C2H6O4S/c1-5-7-8-9-10-11-12-13-14-15-16-17-18-19-20-21-22-23(3,4)6-2;1-2-6-7(3,4)5/h5-22H2,1-4H3;2H2,1H3,(H,3,4,5)/q+1;/p-1. The Bertz CT molecular complexity index is 438. The number of nitrogens with zero attached hydrogens (tertiary/aromatic N) is 1. The molecule has 0 spiro atoms. The highest BCUT2D eigenvalue weighted by molar-refractivity contribution is 7.80. The zero-order valence-corrected chi connectivity index (χ0v) is 21.7. The molecule has 0 aliphatic carbocycles. The van der Waals surface area contributed by atoms with Gasteiger partial charge in [0.1, 0.15) is 0 Å². The van der Waals surface area contributed by atoms with Crippen molar-refractivity contribution in [3.63, 3.8) is 0 Å². The van der Waals surface area contributed by atoms with Gasteiger partial charge in [0.05, 0.1) is 33.8 Å². The highest BCUT2D eigenvalue weighted by atomic mass is 32.3. The summed E-state index contributed by atoms with van der Waals surface area (Å²) >= 11 is 0. The first-order valence-electron chi connectivity index (χ1n) is 12.6. The molecule has 0 saturated heterocycles. The average Bonchev–Trinajstić information content (AvgIpc) is 2.67. The number of quaternary nitrogens is 1. The molecule has 0 heterocycles. The highest BCUT2D eigenvalue weighted by Crippen LogP contribution is 2.14. The Kier molecular flexibility index (Phi) is 23.5. The van der Waals surface area contributed by atoms with Crippen LogP contribution in [0.5, 0.6) is 0 Å². The van der Waals surface area contributed by atoms with E-state index in [4.69, 9.17) is 0 Å². The van der Waals surface area contributed by atoms with Crippen LogP contribution < -0.4 is 0 Å². The Morgan fingerprint density at radius 3 is 1.20 bits per heavy atom. The van der Waals surface area contributed by atoms with Gasteiger partial charge in [-0.3, -0.25) is 4.18 Å². The van der Waals surface area contributed by atoms with Gasteiger partial charge in [-0.1, -0.05) is 96.8 Å². The molecule has 0 fully saturated rings. The second-order valence-corrected chi connectivity index (χ2v) is 10.1. The van der Waals surface area contributed by atoms with Gasteiger partial charge in [-0.2, -0.15) is 0 Å². The fraction of sp³-hybridized carbons (Fsp3) is 1.00. The van der Waals surface area contributed by atoms with E-state index >= 15 is 0 Å². The quantitative estimate of drug-likeness (QED) is 0.0880. The molecular formula is C24H53NO4S. The first-order valence-corrected chi connectivity index (χ1v) is 13.9. The van der Waals surface area contributed by atoms with Gasteiger partial charge < -0.3 is 9.04 Å². The summed E-state index contributed by atoms with van der Waals surface area (Å²) in [5.41, 5.74) is 0. The van der Waals surface area contributed by atoms with Crippen LogP contribution in [0.25, 0.3) is 0 Å². The topological polar surface area (TPSA) is 66.4 Å². The molecule has 184 valence electrons. The maximum atomic E-state index is 9.45. The molecule has 0 N–H and O–H groups in total. The monoisotopic (exact) mass is 451 g/mol. The Hall–Kier alpha value is -0.170. The molecule has 0 amide bonds. The molecule has 0 radical (unpaired) electrons. The molecule has 6 heteroatoms. The lowest BCUT2D eigenvalue weighted by atomic mass is 10.0. The van der Waals surface area contributed by atoms with Gasteiger partial charge in [-0.15, -0.1) is 0 Å². The van der Waals surface area contributed by atoms with Crippen LogP contribution in [0.2, 0.25) is 0 Å². The third kappa shape index (κ3) is 30.0. The van der Waals surface area contributed by atoms with E-state index in [-0.39, 0.29) is 6.61 Å². The van der Waals surface area contributed by atoms with Crippen LogP contribution in [0.1, 0.15) is 124 Å². The van der Waals surface area contributed by atoms with Crippen molar-refractivity contribution in [2.24, 2.45) is 0 Å². The Morgan fingerprint density at radius 2 is 0.967 bits per heavy atom. The van der Waals surface area contributed by atoms with E-state index in [0.717, 1.165) is 0 Å². The minimum atomic E-state index is -4.42. The highest BCUT2D eigenvalue weighted by Gasteiger charge is 2.09. The molecule has 0 aliphatic rings. The largest absolute Gasteiger partial charge is 0.726 e. The third-order valence-electron chi connectivity index (χ3n) is 5.74. The van der Waals surface area contributed by atoms with E-state index in [0.29, 0.717) is 0 Å². The summed E-state index contributed by atoms with van der Waals surface area (Å²) in [6.45, 7) is 8.55. The number of hydrogen-bond acceptors (Lipinski definition) is 4. The summed E-state index contributed by atoms with van der Waals surface area (Å²) in [5, 5.41) is 0. The van der Waals surface area contributed by atoms with E-state index in [1.807, 2.05) is 0 Å². The van der Waals surface area contributed by atoms with Crippen molar-refractivity contribution >= 4 is 10.4 Å². The second-order valence-electron chi connectivity index (χ2n) is 9.09. The molecule has 0 atom stereocenters. The Labute approximate surface area is 189 Å². The van der Waals surface area contributed by atoms with Gasteiger partial charge in [-0.05, 0) is 26.7 Å². The smallest absolute Gasteiger partial charge is 0.217 e. The van der Waals surface area contributed by atoms with Crippen LogP contribution in [0, 0.1) is 0 Å². The second kappa shape index (κ2) is 22.0. The first kappa shape index (κ1) is 32.0. The lowest BCUT2D eigenvalue weighted by Gasteiger charge is -2.28. The van der Waals surface area contributed by atoms with E-state index in [9.17, 15) is 13.0 Å². The average molecular weight is 452 g/mol. The number of hydrogen-bond donors (Lipinski definition) is 0. The van der Waals surface area contributed by atoms with E-state index in [1.165, 1.54) is 127 Å². The van der Waals surface area contributed by atoms with Crippen LogP contribution in [0.4, 0.5) is 0 Å². The summed E-state index contributed by atoms with van der Waals surface area (Å²) in [4.78, 5) is 0. The molecule has 5 nitrogen and oxygen atoms in total. The number of rotatable bonds is 20. The van der Waals surface area contributed by atoms with Gasteiger partial charge >= 0.3 is 0 Å². The summed E-state index contributed by atoms with van der Waals surface area (Å²) in [6.07, 6.45) is 23.4. The molecule has 0 rings (SSSR count). The fourth-order valence-electron chi connectivity index (χ4n) is 3.39. The van der Waals surface area contributed by atoms with E-state index in [2.05, 4.69) is 32.1 Å². The predicted molar refractivity (Wildman–Crippen MR) is 128 cm³/mol. The molecule has 0 aromatic carbocycles. The lowest BCUT2D eigenvalue weighted by Crippen LogP contribution is -2.39. The molecule has 0 unspecified atom stereocenters. The first-order chi connectivity index (χ1) is 14.2. The Balaban J connectivity index is 0. The molecule has 0 bridgehead atoms. The van der Waals surface area contributed by atoms with Gasteiger partial charge in [0.15, 0.2) is 0 Å². The summed E-state index contributed by atoms with van der Waals surface area (Å²) in [6, 6.07) is 0. The van der Waals surface area contributed by atoms with E-state index < -0.39 is 10.4 Å². The van der Waals surface area contributed by atoms with Crippen molar-refractivity contribution < 1.29 is 21.6 Å². The molecule has 0 aliphatic heterocycles. The van der Waals surface area contributed by atoms with Crippen LogP contribution in [0.15, 0.2) is 0 Å². The number of unbranched alkanes of at least 4 members (excludes halogenated alkanes) is 15. The van der Waals surface area contributed by atoms with Crippen molar-refractivity contribution in [2.75, 3.05) is 33.8 Å². The lowest BCUT2D eigenvalue weighted by molar-refractivity contribution is -0.888. The van der Waals surface area contributed by atoms with Crippen molar-refractivity contribution in [2.45, 2.75) is 124 Å². The maximum Gasteiger partial charge on any atom is 0.217 e. The van der Waals surface area contributed by atoms with Gasteiger partial charge in [-0.25, -0.2) is 8.42 Å². The van der Waals surface area contributed by atoms with Crippen molar-refractivity contribution in [1.82, 2.24) is 0 Å². The summed E-state index contributed by atoms with van der Waals surface area (Å²) in [7, 11) is 0.281. The van der Waals surface area contributed by atoms with Gasteiger partial charge in [0.2, 0.25) is 10.4 Å². The van der Waals surface area contributed by atoms with Gasteiger partial charge in [0.25, 0.3) is 0 Å². The molecule has 30 heavy (non-hydrogen) atoms. The third-order valence-corrected chi connectivity index (χ3v) is 6.26. The molecule has 0 aromatic heterocycles. The molecule has 0 aromatic rings. The van der Waals surface area contributed by atoms with Crippen molar-refractivity contribution in [1.29, 1.82) is 0 Å². The summed E-state index contributed by atoms with van der Waals surface area (Å²) < 4.78 is 33.2. The van der Waals surface area contributed by atoms with Crippen LogP contribution in [-0.4, -0.2) is 51.2 Å².